The van der Waals surface area contributed by atoms with Crippen LogP contribution in [0, 0.1) is 0 Å². The Labute approximate surface area is 165 Å². The number of sulfonamides is 1. The Morgan fingerprint density at radius 3 is 2.37 bits per heavy atom. The third-order valence-electron chi connectivity index (χ3n) is 3.83. The summed E-state index contributed by atoms with van der Waals surface area (Å²) in [6.45, 7) is 4.00. The maximum absolute atomic E-state index is 12.8. The van der Waals surface area contributed by atoms with Crippen molar-refractivity contribution < 1.29 is 17.9 Å². The smallest absolute Gasteiger partial charge is 0.243 e. The Bertz CT molecular complexity index is 868. The van der Waals surface area contributed by atoms with Crippen molar-refractivity contribution >= 4 is 33.4 Å². The average molecular weight is 409 g/mol. The summed E-state index contributed by atoms with van der Waals surface area (Å²) in [5.74, 6) is 0.221. The van der Waals surface area contributed by atoms with Crippen LogP contribution < -0.4 is 10.1 Å². The molecule has 0 heterocycles. The number of hydrogen-bond donors (Lipinski definition) is 1. The Morgan fingerprint density at radius 2 is 1.78 bits per heavy atom. The lowest BCUT2D eigenvalue weighted by molar-refractivity contribution is -0.116. The number of ether oxygens (including phenoxy) is 1. The van der Waals surface area contributed by atoms with E-state index in [1.54, 1.807) is 25.1 Å². The van der Waals surface area contributed by atoms with Gasteiger partial charge in [-0.2, -0.15) is 4.31 Å². The van der Waals surface area contributed by atoms with E-state index in [9.17, 15) is 13.2 Å². The summed E-state index contributed by atoms with van der Waals surface area (Å²) in [7, 11) is -3.77. The van der Waals surface area contributed by atoms with Gasteiger partial charge >= 0.3 is 0 Å². The highest BCUT2D eigenvalue weighted by molar-refractivity contribution is 7.98. The van der Waals surface area contributed by atoms with Gasteiger partial charge in [0.1, 0.15) is 5.75 Å². The molecule has 0 atom stereocenters. The molecule has 0 bridgehead atoms. The lowest BCUT2D eigenvalue weighted by Crippen LogP contribution is -2.37. The van der Waals surface area contributed by atoms with E-state index in [2.05, 4.69) is 5.32 Å². The molecule has 1 amide bonds. The standard InChI is InChI=1S/C19H24N2O4S2/c1-4-21(14-19(22)20-17-8-6-7-9-18(17)26-3)27(23,24)16-12-10-15(11-13-16)25-5-2/h6-13H,4-5,14H2,1-3H3,(H,20,22). The van der Waals surface area contributed by atoms with Gasteiger partial charge in [-0.15, -0.1) is 11.8 Å². The van der Waals surface area contributed by atoms with Crippen molar-refractivity contribution in [2.75, 3.05) is 31.3 Å². The number of nitrogens with one attached hydrogen (secondary N) is 1. The molecule has 146 valence electrons. The first kappa shape index (κ1) is 21.3. The molecule has 0 saturated heterocycles. The summed E-state index contributed by atoms with van der Waals surface area (Å²) >= 11 is 1.51. The molecule has 8 heteroatoms. The fraction of sp³-hybridized carbons (Fsp3) is 0.316. The normalized spacial score (nSPS) is 11.4. The molecule has 0 saturated carbocycles. The van der Waals surface area contributed by atoms with Crippen LogP contribution in [-0.2, 0) is 14.8 Å². The number of para-hydroxylation sites is 1. The van der Waals surface area contributed by atoms with Crippen molar-refractivity contribution in [1.82, 2.24) is 4.31 Å². The maximum atomic E-state index is 12.8. The zero-order valence-corrected chi connectivity index (χ0v) is 17.3. The van der Waals surface area contributed by atoms with Crippen molar-refractivity contribution in [2.24, 2.45) is 0 Å². The number of likely N-dealkylation sites (N-methyl/N-ethyl adjacent to an activating group) is 1. The van der Waals surface area contributed by atoms with Gasteiger partial charge in [0.15, 0.2) is 0 Å². The molecular formula is C19H24N2O4S2. The number of rotatable bonds is 9. The molecule has 0 aliphatic carbocycles. The van der Waals surface area contributed by atoms with Crippen molar-refractivity contribution in [3.8, 4) is 5.75 Å². The third kappa shape index (κ3) is 5.47. The zero-order valence-electron chi connectivity index (χ0n) is 15.6. The van der Waals surface area contributed by atoms with Crippen LogP contribution in [0.4, 0.5) is 5.69 Å². The monoisotopic (exact) mass is 408 g/mol. The number of benzene rings is 2. The van der Waals surface area contributed by atoms with Crippen LogP contribution in [0.5, 0.6) is 5.75 Å². The third-order valence-corrected chi connectivity index (χ3v) is 6.56. The van der Waals surface area contributed by atoms with Gasteiger partial charge < -0.3 is 10.1 Å². The van der Waals surface area contributed by atoms with E-state index in [-0.39, 0.29) is 23.9 Å². The molecule has 0 aliphatic rings. The molecule has 0 fully saturated rings. The van der Waals surface area contributed by atoms with Crippen LogP contribution >= 0.6 is 11.8 Å². The first-order valence-corrected chi connectivity index (χ1v) is 11.2. The zero-order chi connectivity index (χ0) is 19.9. The fourth-order valence-corrected chi connectivity index (χ4v) is 4.45. The van der Waals surface area contributed by atoms with Crippen LogP contribution in [0.25, 0.3) is 0 Å². The van der Waals surface area contributed by atoms with E-state index in [0.717, 1.165) is 9.20 Å². The van der Waals surface area contributed by atoms with Crippen LogP contribution in [0.3, 0.4) is 0 Å². The minimum atomic E-state index is -3.77. The predicted molar refractivity (Wildman–Crippen MR) is 109 cm³/mol. The topological polar surface area (TPSA) is 75.7 Å². The van der Waals surface area contributed by atoms with Gasteiger partial charge in [0.2, 0.25) is 15.9 Å². The Kier molecular flexibility index (Phi) is 7.70. The van der Waals surface area contributed by atoms with Gasteiger partial charge in [0.25, 0.3) is 0 Å². The second-order valence-corrected chi connectivity index (χ2v) is 8.37. The van der Waals surface area contributed by atoms with E-state index < -0.39 is 10.0 Å². The van der Waals surface area contributed by atoms with Crippen LogP contribution in [0.1, 0.15) is 13.8 Å². The predicted octanol–water partition coefficient (Wildman–Crippen LogP) is 3.46. The highest BCUT2D eigenvalue weighted by Crippen LogP contribution is 2.25. The van der Waals surface area contributed by atoms with E-state index in [4.69, 9.17) is 4.74 Å². The number of amides is 1. The van der Waals surface area contributed by atoms with E-state index >= 15 is 0 Å². The van der Waals surface area contributed by atoms with Gasteiger partial charge in [-0.3, -0.25) is 4.79 Å². The first-order valence-electron chi connectivity index (χ1n) is 8.58. The minimum absolute atomic E-state index is 0.130. The molecule has 0 aliphatic heterocycles. The van der Waals surface area contributed by atoms with Gasteiger partial charge in [-0.1, -0.05) is 19.1 Å². The number of nitrogens with zero attached hydrogens (tertiary/aromatic N) is 1. The van der Waals surface area contributed by atoms with Gasteiger partial charge in [-0.25, -0.2) is 8.42 Å². The minimum Gasteiger partial charge on any atom is -0.494 e. The summed E-state index contributed by atoms with van der Waals surface area (Å²) < 4.78 is 32.2. The number of carbonyl (C=O) groups excluding carboxylic acids is 1. The summed E-state index contributed by atoms with van der Waals surface area (Å²) in [6.07, 6.45) is 1.92. The summed E-state index contributed by atoms with van der Waals surface area (Å²) in [5, 5.41) is 2.79. The van der Waals surface area contributed by atoms with E-state index in [0.29, 0.717) is 18.0 Å². The molecule has 2 aromatic rings. The molecule has 2 rings (SSSR count). The van der Waals surface area contributed by atoms with Crippen molar-refractivity contribution in [1.29, 1.82) is 0 Å². The number of thioether (sulfide) groups is 1. The molecule has 6 nitrogen and oxygen atoms in total. The van der Waals surface area contributed by atoms with Crippen molar-refractivity contribution in [3.63, 3.8) is 0 Å². The van der Waals surface area contributed by atoms with Crippen LogP contribution in [-0.4, -0.2) is 44.6 Å². The molecule has 0 aromatic heterocycles. The van der Waals surface area contributed by atoms with Crippen molar-refractivity contribution in [3.05, 3.63) is 48.5 Å². The number of anilines is 1. The molecule has 27 heavy (non-hydrogen) atoms. The van der Waals surface area contributed by atoms with E-state index in [1.807, 2.05) is 31.4 Å². The Hall–Kier alpha value is -2.03. The maximum Gasteiger partial charge on any atom is 0.243 e. The molecule has 0 unspecified atom stereocenters. The lowest BCUT2D eigenvalue weighted by Gasteiger charge is -2.20. The van der Waals surface area contributed by atoms with Gasteiger partial charge in [0.05, 0.1) is 23.7 Å². The molecule has 2 aromatic carbocycles. The first-order chi connectivity index (χ1) is 12.9. The molecule has 0 spiro atoms. The summed E-state index contributed by atoms with van der Waals surface area (Å²) in [5.41, 5.74) is 0.671. The van der Waals surface area contributed by atoms with Crippen LogP contribution in [0.15, 0.2) is 58.3 Å². The van der Waals surface area contributed by atoms with Gasteiger partial charge in [-0.05, 0) is 49.6 Å². The second-order valence-electron chi connectivity index (χ2n) is 5.58. The SMILES string of the molecule is CCOc1ccc(S(=O)(=O)N(CC)CC(=O)Nc2ccccc2SC)cc1. The molecular weight excluding hydrogens is 384 g/mol. The lowest BCUT2D eigenvalue weighted by atomic mass is 10.3. The average Bonchev–Trinajstić information content (AvgIpc) is 2.67. The molecule has 0 radical (unpaired) electrons. The quantitative estimate of drug-likeness (QED) is 0.643. The second kappa shape index (κ2) is 9.77. The fourth-order valence-electron chi connectivity index (χ4n) is 2.49. The molecule has 1 N–H and O–H groups in total. The Balaban J connectivity index is 2.13. The van der Waals surface area contributed by atoms with E-state index in [1.165, 1.54) is 23.9 Å². The highest BCUT2D eigenvalue weighted by atomic mass is 32.2. The largest absolute Gasteiger partial charge is 0.494 e. The Morgan fingerprint density at radius 1 is 1.11 bits per heavy atom. The van der Waals surface area contributed by atoms with Gasteiger partial charge in [0, 0.05) is 11.4 Å². The van der Waals surface area contributed by atoms with Crippen molar-refractivity contribution in [2.45, 2.75) is 23.6 Å². The van der Waals surface area contributed by atoms with Crippen LogP contribution in [0.2, 0.25) is 0 Å². The highest BCUT2D eigenvalue weighted by Gasteiger charge is 2.25. The number of hydrogen-bond acceptors (Lipinski definition) is 5. The number of carbonyl (C=O) groups is 1. The summed E-state index contributed by atoms with van der Waals surface area (Å²) in [6, 6.07) is 13.6. The summed E-state index contributed by atoms with van der Waals surface area (Å²) in [4.78, 5) is 13.5.